The molecule has 0 fully saturated rings. The van der Waals surface area contributed by atoms with E-state index in [0.717, 1.165) is 12.2 Å². The molecule has 0 aliphatic rings. The fourth-order valence-electron chi connectivity index (χ4n) is 1.09. The Morgan fingerprint density at radius 2 is 2.00 bits per heavy atom. The molecule has 0 aliphatic heterocycles. The number of carbonyl (C=O) groups excluding carboxylic acids is 1. The third-order valence-electron chi connectivity index (χ3n) is 2.20. The van der Waals surface area contributed by atoms with Crippen molar-refractivity contribution in [2.75, 3.05) is 19.1 Å². The van der Waals surface area contributed by atoms with Crippen molar-refractivity contribution < 1.29 is 4.79 Å². The van der Waals surface area contributed by atoms with Crippen molar-refractivity contribution >= 4 is 17.8 Å². The number of thioether (sulfide) groups is 1. The largest absolute Gasteiger partial charge is 0.333 e. The Kier molecular flexibility index (Phi) is 6.10. The van der Waals surface area contributed by atoms with Crippen molar-refractivity contribution in [2.45, 2.75) is 45.7 Å². The van der Waals surface area contributed by atoms with Gasteiger partial charge in [-0.15, -0.1) is 0 Å². The molecule has 0 aromatic heterocycles. The van der Waals surface area contributed by atoms with E-state index in [4.69, 9.17) is 0 Å². The highest BCUT2D eigenvalue weighted by molar-refractivity contribution is 7.98. The molecule has 0 heterocycles. The smallest absolute Gasteiger partial charge is 0.317 e. The van der Waals surface area contributed by atoms with E-state index >= 15 is 0 Å². The number of carbonyl (C=O) groups is 1. The van der Waals surface area contributed by atoms with E-state index in [9.17, 15) is 4.79 Å². The van der Waals surface area contributed by atoms with Crippen LogP contribution >= 0.6 is 11.8 Å². The highest BCUT2D eigenvalue weighted by Gasteiger charge is 2.20. The van der Waals surface area contributed by atoms with Crippen molar-refractivity contribution in [1.82, 2.24) is 10.2 Å². The molecule has 0 bridgehead atoms. The first kappa shape index (κ1) is 14.6. The van der Waals surface area contributed by atoms with Crippen LogP contribution in [0.3, 0.4) is 0 Å². The SMILES string of the molecule is CSCCC(C)N(C)C(=O)NC(C)(C)C. The molecule has 3 nitrogen and oxygen atoms in total. The maximum absolute atomic E-state index is 11.8. The van der Waals surface area contributed by atoms with Crippen LogP contribution in [-0.4, -0.2) is 41.6 Å². The maximum atomic E-state index is 11.8. The number of nitrogens with zero attached hydrogens (tertiary/aromatic N) is 1. The molecule has 1 atom stereocenters. The van der Waals surface area contributed by atoms with Gasteiger partial charge in [0.15, 0.2) is 0 Å². The first-order valence-corrected chi connectivity index (χ1v) is 6.71. The molecule has 0 aromatic carbocycles. The molecule has 0 saturated carbocycles. The number of rotatable bonds is 4. The predicted octanol–water partition coefficient (Wildman–Crippen LogP) is 2.57. The highest BCUT2D eigenvalue weighted by Crippen LogP contribution is 2.08. The minimum atomic E-state index is -0.162. The summed E-state index contributed by atoms with van der Waals surface area (Å²) in [6.07, 6.45) is 3.12. The van der Waals surface area contributed by atoms with E-state index < -0.39 is 0 Å². The quantitative estimate of drug-likeness (QED) is 0.808. The lowest BCUT2D eigenvalue weighted by molar-refractivity contribution is 0.184. The van der Waals surface area contributed by atoms with E-state index in [2.05, 4.69) is 18.5 Å². The van der Waals surface area contributed by atoms with Crippen LogP contribution in [-0.2, 0) is 0 Å². The Bertz CT molecular complexity index is 201. The fraction of sp³-hybridized carbons (Fsp3) is 0.909. The summed E-state index contributed by atoms with van der Waals surface area (Å²) in [6, 6.07) is 0.302. The summed E-state index contributed by atoms with van der Waals surface area (Å²) in [5, 5.41) is 2.96. The van der Waals surface area contributed by atoms with Crippen LogP contribution in [0.5, 0.6) is 0 Å². The lowest BCUT2D eigenvalue weighted by atomic mass is 10.1. The van der Waals surface area contributed by atoms with Gasteiger partial charge < -0.3 is 10.2 Å². The van der Waals surface area contributed by atoms with E-state index in [0.29, 0.717) is 6.04 Å². The molecule has 0 rings (SSSR count). The zero-order chi connectivity index (χ0) is 12.1. The number of nitrogens with one attached hydrogen (secondary N) is 1. The molecule has 0 radical (unpaired) electrons. The molecular weight excluding hydrogens is 208 g/mol. The van der Waals surface area contributed by atoms with Crippen LogP contribution < -0.4 is 5.32 Å². The average Bonchev–Trinajstić information content (AvgIpc) is 2.10. The van der Waals surface area contributed by atoms with E-state index in [1.807, 2.05) is 39.6 Å². The van der Waals surface area contributed by atoms with Crippen LogP contribution in [0.2, 0.25) is 0 Å². The van der Waals surface area contributed by atoms with Gasteiger partial charge >= 0.3 is 6.03 Å². The summed E-state index contributed by atoms with van der Waals surface area (Å²) in [5.41, 5.74) is -0.162. The Morgan fingerprint density at radius 1 is 1.47 bits per heavy atom. The lowest BCUT2D eigenvalue weighted by Crippen LogP contribution is -2.49. The summed E-state index contributed by atoms with van der Waals surface area (Å²) < 4.78 is 0. The third kappa shape index (κ3) is 6.66. The Balaban J connectivity index is 4.08. The van der Waals surface area contributed by atoms with Gasteiger partial charge in [0.05, 0.1) is 0 Å². The second-order valence-electron chi connectivity index (χ2n) is 4.92. The van der Waals surface area contributed by atoms with Gasteiger partial charge in [-0.3, -0.25) is 0 Å². The lowest BCUT2D eigenvalue weighted by Gasteiger charge is -2.29. The number of urea groups is 1. The Labute approximate surface area is 98.0 Å². The van der Waals surface area contributed by atoms with Gasteiger partial charge in [0.1, 0.15) is 0 Å². The Hall–Kier alpha value is -0.380. The monoisotopic (exact) mass is 232 g/mol. The number of amides is 2. The average molecular weight is 232 g/mol. The summed E-state index contributed by atoms with van der Waals surface area (Å²) in [5.74, 6) is 1.09. The molecule has 0 spiro atoms. The van der Waals surface area contributed by atoms with Gasteiger partial charge in [0.2, 0.25) is 0 Å². The minimum Gasteiger partial charge on any atom is -0.333 e. The van der Waals surface area contributed by atoms with Gasteiger partial charge in [-0.2, -0.15) is 11.8 Å². The van der Waals surface area contributed by atoms with E-state index in [-0.39, 0.29) is 11.6 Å². The molecular formula is C11H24N2OS. The highest BCUT2D eigenvalue weighted by atomic mass is 32.2. The van der Waals surface area contributed by atoms with Gasteiger partial charge in [-0.25, -0.2) is 4.79 Å². The molecule has 90 valence electrons. The van der Waals surface area contributed by atoms with Gasteiger partial charge in [-0.1, -0.05) is 0 Å². The zero-order valence-electron chi connectivity index (χ0n) is 10.8. The molecule has 15 heavy (non-hydrogen) atoms. The van der Waals surface area contributed by atoms with Gasteiger partial charge in [-0.05, 0) is 46.1 Å². The second kappa shape index (κ2) is 6.26. The van der Waals surface area contributed by atoms with Crippen molar-refractivity contribution in [3.63, 3.8) is 0 Å². The van der Waals surface area contributed by atoms with Gasteiger partial charge in [0.25, 0.3) is 0 Å². The molecule has 0 saturated heterocycles. The molecule has 2 amide bonds. The molecule has 1 N–H and O–H groups in total. The Morgan fingerprint density at radius 3 is 2.40 bits per heavy atom. The standard InChI is InChI=1S/C11H24N2OS/c1-9(7-8-15-6)13(5)10(14)12-11(2,3)4/h9H,7-8H2,1-6H3,(H,12,14). The van der Waals surface area contributed by atoms with Crippen LogP contribution in [0, 0.1) is 0 Å². The first-order chi connectivity index (χ1) is 6.78. The van der Waals surface area contributed by atoms with Crippen molar-refractivity contribution in [2.24, 2.45) is 0 Å². The van der Waals surface area contributed by atoms with E-state index in [1.54, 1.807) is 4.90 Å². The van der Waals surface area contributed by atoms with E-state index in [1.165, 1.54) is 0 Å². The topological polar surface area (TPSA) is 32.3 Å². The predicted molar refractivity (Wildman–Crippen MR) is 68.5 cm³/mol. The van der Waals surface area contributed by atoms with Gasteiger partial charge in [0, 0.05) is 18.6 Å². The summed E-state index contributed by atoms with van der Waals surface area (Å²) in [6.45, 7) is 8.06. The molecule has 0 aliphatic carbocycles. The molecule has 0 aromatic rings. The van der Waals surface area contributed by atoms with Crippen LogP contribution in [0.25, 0.3) is 0 Å². The normalized spacial score (nSPS) is 13.5. The van der Waals surface area contributed by atoms with Crippen molar-refractivity contribution in [3.8, 4) is 0 Å². The van der Waals surface area contributed by atoms with Crippen molar-refractivity contribution in [3.05, 3.63) is 0 Å². The molecule has 1 unspecified atom stereocenters. The maximum Gasteiger partial charge on any atom is 0.317 e. The third-order valence-corrected chi connectivity index (χ3v) is 2.85. The fourth-order valence-corrected chi connectivity index (χ4v) is 1.67. The number of hydrogen-bond donors (Lipinski definition) is 1. The van der Waals surface area contributed by atoms with Crippen LogP contribution in [0.15, 0.2) is 0 Å². The van der Waals surface area contributed by atoms with Crippen molar-refractivity contribution in [1.29, 1.82) is 0 Å². The van der Waals surface area contributed by atoms with Crippen LogP contribution in [0.1, 0.15) is 34.1 Å². The minimum absolute atomic E-state index is 0.0103. The summed E-state index contributed by atoms with van der Waals surface area (Å²) in [4.78, 5) is 13.6. The van der Waals surface area contributed by atoms with Crippen LogP contribution in [0.4, 0.5) is 4.79 Å². The zero-order valence-corrected chi connectivity index (χ0v) is 11.6. The second-order valence-corrected chi connectivity index (χ2v) is 5.91. The summed E-state index contributed by atoms with van der Waals surface area (Å²) in [7, 11) is 1.85. The summed E-state index contributed by atoms with van der Waals surface area (Å²) >= 11 is 1.81. The first-order valence-electron chi connectivity index (χ1n) is 5.32. The number of hydrogen-bond acceptors (Lipinski definition) is 2. The molecule has 4 heteroatoms.